The zero-order valence-electron chi connectivity index (χ0n) is 15.5. The Balaban J connectivity index is 1.63. The summed E-state index contributed by atoms with van der Waals surface area (Å²) in [6.45, 7) is 2.28. The highest BCUT2D eigenvalue weighted by Gasteiger charge is 2.13. The average Bonchev–Trinajstić information content (AvgIpc) is 2.98. The molecule has 0 fully saturated rings. The van der Waals surface area contributed by atoms with E-state index in [1.807, 2.05) is 30.3 Å². The van der Waals surface area contributed by atoms with Crippen molar-refractivity contribution in [1.82, 2.24) is 20.6 Å². The summed E-state index contributed by atoms with van der Waals surface area (Å²) in [6, 6.07) is 15.2. The number of halogens is 2. The highest BCUT2D eigenvalue weighted by atomic mass is 35.5. The first-order valence-corrected chi connectivity index (χ1v) is 9.13. The van der Waals surface area contributed by atoms with Gasteiger partial charge >= 0.3 is 0 Å². The number of amides is 2. The van der Waals surface area contributed by atoms with Gasteiger partial charge in [-0.1, -0.05) is 54.1 Å². The summed E-state index contributed by atoms with van der Waals surface area (Å²) in [4.78, 5) is 23.9. The molecule has 0 saturated carbocycles. The van der Waals surface area contributed by atoms with Gasteiger partial charge in [-0.2, -0.15) is 5.10 Å². The molecular weight excluding hydrogens is 395 g/mol. The molecule has 1 heterocycles. The Morgan fingerprint density at radius 2 is 1.79 bits per heavy atom. The van der Waals surface area contributed by atoms with E-state index < -0.39 is 17.6 Å². The summed E-state index contributed by atoms with van der Waals surface area (Å²) < 4.78 is 15.2. The third-order valence-electron chi connectivity index (χ3n) is 4.10. The molecule has 2 N–H and O–H groups in total. The molecule has 0 spiro atoms. The van der Waals surface area contributed by atoms with Crippen molar-refractivity contribution in [1.29, 1.82) is 0 Å². The Morgan fingerprint density at radius 3 is 2.52 bits per heavy atom. The lowest BCUT2D eigenvalue weighted by Crippen LogP contribution is -2.41. The molecule has 8 heteroatoms. The van der Waals surface area contributed by atoms with Crippen LogP contribution < -0.4 is 10.9 Å². The van der Waals surface area contributed by atoms with E-state index in [0.717, 1.165) is 11.6 Å². The van der Waals surface area contributed by atoms with Crippen molar-refractivity contribution < 1.29 is 14.0 Å². The second-order valence-corrected chi connectivity index (χ2v) is 6.55. The lowest BCUT2D eigenvalue weighted by atomic mass is 10.2. The third-order valence-corrected chi connectivity index (χ3v) is 4.50. The van der Waals surface area contributed by atoms with Gasteiger partial charge in [-0.25, -0.2) is 9.07 Å². The van der Waals surface area contributed by atoms with Gasteiger partial charge in [0.05, 0.1) is 17.8 Å². The van der Waals surface area contributed by atoms with Gasteiger partial charge in [0.2, 0.25) is 0 Å². The largest absolute Gasteiger partial charge is 0.272 e. The maximum absolute atomic E-state index is 13.6. The molecule has 2 amide bonds. The lowest BCUT2D eigenvalue weighted by Gasteiger charge is -2.06. The van der Waals surface area contributed by atoms with Crippen molar-refractivity contribution in [2.45, 2.75) is 13.5 Å². The first kappa shape index (κ1) is 20.3. The second kappa shape index (κ2) is 9.16. The van der Waals surface area contributed by atoms with E-state index in [1.54, 1.807) is 11.6 Å². The molecule has 0 atom stereocenters. The molecule has 0 aliphatic carbocycles. The Labute approximate surface area is 172 Å². The first-order valence-electron chi connectivity index (χ1n) is 8.75. The lowest BCUT2D eigenvalue weighted by molar-refractivity contribution is -0.117. The summed E-state index contributed by atoms with van der Waals surface area (Å²) in [5.41, 5.74) is 6.49. The molecule has 29 heavy (non-hydrogen) atoms. The fraction of sp³-hybridized carbons (Fsp3) is 0.0952. The second-order valence-electron chi connectivity index (χ2n) is 6.19. The van der Waals surface area contributed by atoms with Crippen LogP contribution in [0.3, 0.4) is 0 Å². The number of nitrogens with zero attached hydrogens (tertiary/aromatic N) is 2. The smallest absolute Gasteiger partial charge is 0.268 e. The quantitative estimate of drug-likeness (QED) is 0.497. The van der Waals surface area contributed by atoms with E-state index in [0.29, 0.717) is 23.0 Å². The normalized spacial score (nSPS) is 10.9. The Hall–Kier alpha value is -3.45. The predicted octanol–water partition coefficient (Wildman–Crippen LogP) is 3.51. The van der Waals surface area contributed by atoms with Crippen LogP contribution in [0.5, 0.6) is 0 Å². The van der Waals surface area contributed by atoms with Gasteiger partial charge in [0.25, 0.3) is 11.8 Å². The number of aromatic nitrogens is 2. The number of rotatable bonds is 5. The van der Waals surface area contributed by atoms with Crippen molar-refractivity contribution in [3.05, 3.63) is 94.0 Å². The van der Waals surface area contributed by atoms with E-state index in [9.17, 15) is 14.0 Å². The zero-order valence-corrected chi connectivity index (χ0v) is 16.3. The summed E-state index contributed by atoms with van der Waals surface area (Å²) in [6.07, 6.45) is 2.72. The molecule has 0 saturated heterocycles. The predicted molar refractivity (Wildman–Crippen MR) is 109 cm³/mol. The van der Waals surface area contributed by atoms with Crippen LogP contribution in [0.1, 0.15) is 27.2 Å². The van der Waals surface area contributed by atoms with E-state index in [-0.39, 0.29) is 5.56 Å². The number of hydrazine groups is 1. The molecule has 0 bridgehead atoms. The van der Waals surface area contributed by atoms with Gasteiger partial charge in [-0.15, -0.1) is 0 Å². The van der Waals surface area contributed by atoms with Crippen molar-refractivity contribution in [2.24, 2.45) is 0 Å². The number of nitrogens with one attached hydrogen (secondary N) is 2. The minimum Gasteiger partial charge on any atom is -0.268 e. The van der Waals surface area contributed by atoms with Crippen molar-refractivity contribution >= 4 is 29.5 Å². The molecule has 0 radical (unpaired) electrons. The highest BCUT2D eigenvalue weighted by molar-refractivity contribution is 6.31. The number of carbonyl (C=O) groups excluding carboxylic acids is 2. The van der Waals surface area contributed by atoms with Crippen LogP contribution in [0.2, 0.25) is 5.15 Å². The van der Waals surface area contributed by atoms with Gasteiger partial charge in [0.15, 0.2) is 0 Å². The Morgan fingerprint density at radius 1 is 1.10 bits per heavy atom. The topological polar surface area (TPSA) is 76.0 Å². The fourth-order valence-electron chi connectivity index (χ4n) is 2.65. The van der Waals surface area contributed by atoms with Gasteiger partial charge in [0.1, 0.15) is 11.0 Å². The maximum Gasteiger partial charge on any atom is 0.272 e. The van der Waals surface area contributed by atoms with Crippen LogP contribution in [0.4, 0.5) is 4.39 Å². The molecule has 2 aromatic carbocycles. The van der Waals surface area contributed by atoms with Crippen molar-refractivity contribution in [2.75, 3.05) is 0 Å². The van der Waals surface area contributed by atoms with E-state index in [1.165, 1.54) is 30.4 Å². The Bertz CT molecular complexity index is 1060. The fourth-order valence-corrected chi connectivity index (χ4v) is 2.95. The molecule has 3 aromatic rings. The van der Waals surface area contributed by atoms with Crippen LogP contribution in [0.15, 0.2) is 60.7 Å². The van der Waals surface area contributed by atoms with Gasteiger partial charge in [-0.3, -0.25) is 20.4 Å². The van der Waals surface area contributed by atoms with E-state index >= 15 is 0 Å². The third kappa shape index (κ3) is 5.08. The average molecular weight is 413 g/mol. The monoisotopic (exact) mass is 412 g/mol. The summed E-state index contributed by atoms with van der Waals surface area (Å²) in [7, 11) is 0. The van der Waals surface area contributed by atoms with Crippen molar-refractivity contribution in [3.63, 3.8) is 0 Å². The van der Waals surface area contributed by atoms with Gasteiger partial charge in [0, 0.05) is 11.6 Å². The molecular formula is C21H18ClFN4O2. The number of carbonyl (C=O) groups is 2. The number of hydrogen-bond donors (Lipinski definition) is 2. The van der Waals surface area contributed by atoms with Gasteiger partial charge < -0.3 is 0 Å². The van der Waals surface area contributed by atoms with E-state index in [2.05, 4.69) is 16.0 Å². The Kier molecular flexibility index (Phi) is 6.41. The first-order chi connectivity index (χ1) is 14.0. The SMILES string of the molecule is Cc1nn(Cc2ccccc2)c(Cl)c1/C=C/C(=O)NNC(=O)c1ccccc1F. The highest BCUT2D eigenvalue weighted by Crippen LogP contribution is 2.22. The van der Waals surface area contributed by atoms with Crippen LogP contribution in [-0.4, -0.2) is 21.6 Å². The van der Waals surface area contributed by atoms with Crippen LogP contribution >= 0.6 is 11.6 Å². The van der Waals surface area contributed by atoms with Crippen molar-refractivity contribution in [3.8, 4) is 0 Å². The summed E-state index contributed by atoms with van der Waals surface area (Å²) in [5.74, 6) is -2.03. The minimum absolute atomic E-state index is 0.169. The summed E-state index contributed by atoms with van der Waals surface area (Å²) in [5, 5.41) is 4.79. The van der Waals surface area contributed by atoms with Gasteiger partial charge in [-0.05, 0) is 30.7 Å². The summed E-state index contributed by atoms with van der Waals surface area (Å²) >= 11 is 6.39. The molecule has 0 unspecified atom stereocenters. The minimum atomic E-state index is -0.755. The number of benzene rings is 2. The number of hydrogen-bond acceptors (Lipinski definition) is 3. The zero-order chi connectivity index (χ0) is 20.8. The van der Waals surface area contributed by atoms with Crippen LogP contribution in [0, 0.1) is 12.7 Å². The maximum atomic E-state index is 13.6. The molecule has 6 nitrogen and oxygen atoms in total. The molecule has 148 valence electrons. The van der Waals surface area contributed by atoms with E-state index in [4.69, 9.17) is 11.6 Å². The molecule has 3 rings (SSSR count). The standard InChI is InChI=1S/C21H18ClFN4O2/c1-14-16(20(22)27(26-14)13-15-7-3-2-4-8-15)11-12-19(28)24-25-21(29)17-9-5-6-10-18(17)23/h2-12H,13H2,1H3,(H,24,28)(H,25,29)/b12-11+. The molecule has 0 aliphatic heterocycles. The molecule has 0 aliphatic rings. The number of aryl methyl sites for hydroxylation is 1. The molecule has 1 aromatic heterocycles. The van der Waals surface area contributed by atoms with Crippen LogP contribution in [-0.2, 0) is 11.3 Å². The van der Waals surface area contributed by atoms with Crippen LogP contribution in [0.25, 0.3) is 6.08 Å².